The number of urea groups is 1. The quantitative estimate of drug-likeness (QED) is 0.160. The molecule has 8 nitrogen and oxygen atoms in total. The summed E-state index contributed by atoms with van der Waals surface area (Å²) in [4.78, 5) is 41.0. The molecule has 1 unspecified atom stereocenters. The van der Waals surface area contributed by atoms with Crippen molar-refractivity contribution in [3.63, 3.8) is 0 Å². The standard InChI is InChI=1S/C27H28N4O4/c1-27(23-7-3-2-4-8-23)25(34)30(26(35)31(27)14-6-5-9-24(32)33)18-20-11-13-21-12-10-19(17-29-28)15-22(21)16-20/h2-4,7-8,10-13,15-17H,5-6,9,14,18,28H2,1H3,(H,32,33). The van der Waals surface area contributed by atoms with Crippen LogP contribution in [0.25, 0.3) is 10.8 Å². The first kappa shape index (κ1) is 23.9. The third-order valence-corrected chi connectivity index (χ3v) is 6.51. The van der Waals surface area contributed by atoms with Gasteiger partial charge in [0.1, 0.15) is 5.54 Å². The van der Waals surface area contributed by atoms with Gasteiger partial charge in [-0.2, -0.15) is 5.10 Å². The van der Waals surface area contributed by atoms with Crippen LogP contribution in [0.4, 0.5) is 4.79 Å². The Morgan fingerprint density at radius 2 is 1.77 bits per heavy atom. The van der Waals surface area contributed by atoms with Gasteiger partial charge in [-0.1, -0.05) is 54.6 Å². The molecule has 3 aromatic carbocycles. The number of fused-ring (bicyclic) bond motifs is 1. The van der Waals surface area contributed by atoms with Crippen molar-refractivity contribution in [1.82, 2.24) is 9.80 Å². The van der Waals surface area contributed by atoms with Crippen molar-refractivity contribution in [2.45, 2.75) is 38.3 Å². The number of imide groups is 1. The minimum Gasteiger partial charge on any atom is -0.481 e. The van der Waals surface area contributed by atoms with E-state index in [1.165, 1.54) is 4.90 Å². The van der Waals surface area contributed by atoms with Crippen molar-refractivity contribution in [2.24, 2.45) is 10.9 Å². The number of carbonyl (C=O) groups excluding carboxylic acids is 2. The SMILES string of the molecule is CC1(c2ccccc2)C(=O)N(Cc2ccc3ccc(C=NN)cc3c2)C(=O)N1CCCCC(=O)O. The summed E-state index contributed by atoms with van der Waals surface area (Å²) >= 11 is 0. The van der Waals surface area contributed by atoms with Crippen LogP contribution in [-0.2, 0) is 21.7 Å². The number of hydrogen-bond acceptors (Lipinski definition) is 5. The Morgan fingerprint density at radius 3 is 2.49 bits per heavy atom. The predicted molar refractivity (Wildman–Crippen MR) is 134 cm³/mol. The van der Waals surface area contributed by atoms with Crippen molar-refractivity contribution in [2.75, 3.05) is 6.54 Å². The van der Waals surface area contributed by atoms with Crippen molar-refractivity contribution in [3.8, 4) is 0 Å². The molecule has 1 aliphatic rings. The van der Waals surface area contributed by atoms with E-state index in [-0.39, 0.29) is 24.9 Å². The summed E-state index contributed by atoms with van der Waals surface area (Å²) in [6, 6.07) is 20.5. The number of hydrazone groups is 1. The van der Waals surface area contributed by atoms with Gasteiger partial charge in [-0.3, -0.25) is 14.5 Å². The van der Waals surface area contributed by atoms with E-state index >= 15 is 0 Å². The van der Waals surface area contributed by atoms with Crippen LogP contribution in [0.2, 0.25) is 0 Å². The number of carbonyl (C=O) groups is 3. The van der Waals surface area contributed by atoms with E-state index < -0.39 is 11.5 Å². The van der Waals surface area contributed by atoms with Crippen molar-refractivity contribution in [1.29, 1.82) is 0 Å². The van der Waals surface area contributed by atoms with Gasteiger partial charge in [-0.05, 0) is 59.4 Å². The average molecular weight is 473 g/mol. The van der Waals surface area contributed by atoms with Crippen LogP contribution in [0.15, 0.2) is 71.8 Å². The molecular formula is C27H28N4O4. The molecule has 1 atom stereocenters. The summed E-state index contributed by atoms with van der Waals surface area (Å²) < 4.78 is 0. The van der Waals surface area contributed by atoms with Gasteiger partial charge in [0.15, 0.2) is 0 Å². The van der Waals surface area contributed by atoms with Gasteiger partial charge < -0.3 is 15.8 Å². The molecule has 35 heavy (non-hydrogen) atoms. The molecule has 0 radical (unpaired) electrons. The van der Waals surface area contributed by atoms with E-state index in [1.807, 2.05) is 66.7 Å². The number of rotatable bonds is 9. The number of carboxylic acids is 1. The summed E-state index contributed by atoms with van der Waals surface area (Å²) in [6.07, 6.45) is 2.50. The highest BCUT2D eigenvalue weighted by Gasteiger charge is 2.54. The highest BCUT2D eigenvalue weighted by Crippen LogP contribution is 2.38. The van der Waals surface area contributed by atoms with Gasteiger partial charge in [0.25, 0.3) is 5.91 Å². The lowest BCUT2D eigenvalue weighted by atomic mass is 9.90. The molecular weight excluding hydrogens is 444 g/mol. The third-order valence-electron chi connectivity index (χ3n) is 6.51. The van der Waals surface area contributed by atoms with Gasteiger partial charge in [0, 0.05) is 13.0 Å². The average Bonchev–Trinajstić information content (AvgIpc) is 3.03. The lowest BCUT2D eigenvalue weighted by Crippen LogP contribution is -2.44. The van der Waals surface area contributed by atoms with Gasteiger partial charge in [-0.15, -0.1) is 0 Å². The fourth-order valence-corrected chi connectivity index (χ4v) is 4.61. The van der Waals surface area contributed by atoms with E-state index in [0.717, 1.165) is 27.5 Å². The minimum absolute atomic E-state index is 0.0235. The maximum absolute atomic E-state index is 13.7. The van der Waals surface area contributed by atoms with Crippen LogP contribution < -0.4 is 5.84 Å². The van der Waals surface area contributed by atoms with Crippen LogP contribution >= 0.6 is 0 Å². The highest BCUT2D eigenvalue weighted by atomic mass is 16.4. The van der Waals surface area contributed by atoms with Gasteiger partial charge in [-0.25, -0.2) is 4.79 Å². The zero-order valence-electron chi connectivity index (χ0n) is 19.6. The number of carboxylic acid groups (broad SMARTS) is 1. The Morgan fingerprint density at radius 1 is 1.03 bits per heavy atom. The van der Waals surface area contributed by atoms with Crippen molar-refractivity contribution < 1.29 is 19.5 Å². The van der Waals surface area contributed by atoms with Crippen LogP contribution in [0.5, 0.6) is 0 Å². The number of nitrogens with zero attached hydrogens (tertiary/aromatic N) is 3. The molecule has 0 saturated carbocycles. The Hall–Kier alpha value is -4.20. The molecule has 0 spiro atoms. The van der Waals surface area contributed by atoms with Crippen LogP contribution in [-0.4, -0.2) is 45.6 Å². The predicted octanol–water partition coefficient (Wildman–Crippen LogP) is 4.07. The molecule has 1 aliphatic heterocycles. The molecule has 0 aliphatic carbocycles. The molecule has 4 rings (SSSR count). The Bertz CT molecular complexity index is 1290. The van der Waals surface area contributed by atoms with Crippen molar-refractivity contribution in [3.05, 3.63) is 83.4 Å². The largest absolute Gasteiger partial charge is 0.481 e. The molecule has 0 bridgehead atoms. The molecule has 1 saturated heterocycles. The first-order chi connectivity index (χ1) is 16.8. The molecule has 3 amide bonds. The zero-order valence-corrected chi connectivity index (χ0v) is 19.6. The van der Waals surface area contributed by atoms with Gasteiger partial charge >= 0.3 is 12.0 Å². The molecule has 1 fully saturated rings. The van der Waals surface area contributed by atoms with E-state index in [2.05, 4.69) is 5.10 Å². The number of aliphatic carboxylic acids is 1. The molecule has 180 valence electrons. The Kier molecular flexibility index (Phi) is 6.82. The van der Waals surface area contributed by atoms with E-state index in [4.69, 9.17) is 10.9 Å². The van der Waals surface area contributed by atoms with Crippen LogP contribution in [0, 0.1) is 0 Å². The molecule has 3 N–H and O–H groups in total. The third kappa shape index (κ3) is 4.73. The maximum Gasteiger partial charge on any atom is 0.328 e. The Labute approximate surface area is 203 Å². The first-order valence-electron chi connectivity index (χ1n) is 11.5. The highest BCUT2D eigenvalue weighted by molar-refractivity contribution is 6.07. The molecule has 3 aromatic rings. The molecule has 8 heteroatoms. The molecule has 0 aromatic heterocycles. The summed E-state index contributed by atoms with van der Waals surface area (Å²) in [6.45, 7) is 2.19. The van der Waals surface area contributed by atoms with E-state index in [1.54, 1.807) is 18.0 Å². The number of unbranched alkanes of at least 4 members (excludes halogenated alkanes) is 1. The summed E-state index contributed by atoms with van der Waals surface area (Å²) in [5, 5.41) is 14.5. The molecule has 1 heterocycles. The smallest absolute Gasteiger partial charge is 0.328 e. The first-order valence-corrected chi connectivity index (χ1v) is 11.5. The van der Waals surface area contributed by atoms with E-state index in [9.17, 15) is 14.4 Å². The zero-order chi connectivity index (χ0) is 25.0. The number of benzene rings is 3. The lowest BCUT2D eigenvalue weighted by Gasteiger charge is -2.32. The van der Waals surface area contributed by atoms with E-state index in [0.29, 0.717) is 19.4 Å². The summed E-state index contributed by atoms with van der Waals surface area (Å²) in [5.41, 5.74) is 1.24. The normalized spacial score (nSPS) is 18.2. The van der Waals surface area contributed by atoms with Gasteiger partial charge in [0.2, 0.25) is 0 Å². The number of hydrogen-bond donors (Lipinski definition) is 2. The lowest BCUT2D eigenvalue weighted by molar-refractivity contribution is -0.137. The minimum atomic E-state index is -1.16. The topological polar surface area (TPSA) is 116 Å². The summed E-state index contributed by atoms with van der Waals surface area (Å²) in [5.74, 6) is 4.10. The van der Waals surface area contributed by atoms with Crippen molar-refractivity contribution >= 4 is 34.9 Å². The summed E-state index contributed by atoms with van der Waals surface area (Å²) in [7, 11) is 0. The maximum atomic E-state index is 13.7. The van der Waals surface area contributed by atoms with Crippen LogP contribution in [0.3, 0.4) is 0 Å². The fourth-order valence-electron chi connectivity index (χ4n) is 4.61. The fraction of sp³-hybridized carbons (Fsp3) is 0.259. The second-order valence-electron chi connectivity index (χ2n) is 8.83. The second-order valence-corrected chi connectivity index (χ2v) is 8.83. The number of amides is 3. The van der Waals surface area contributed by atoms with Crippen LogP contribution in [0.1, 0.15) is 42.9 Å². The monoisotopic (exact) mass is 472 g/mol. The van der Waals surface area contributed by atoms with Gasteiger partial charge in [0.05, 0.1) is 12.8 Å². The number of nitrogens with two attached hydrogens (primary N) is 1. The second kappa shape index (κ2) is 9.97. The Balaban J connectivity index is 1.64.